The fraction of sp³-hybridized carbons (Fsp3) is 0.111. The molecule has 0 atom stereocenters. The maximum atomic E-state index is 12.3. The minimum Gasteiger partial charge on any atom is -0.497 e. The maximum Gasteiger partial charge on any atom is 0.288 e. The Hall–Kier alpha value is -2.79. The van der Waals surface area contributed by atoms with Crippen molar-refractivity contribution < 1.29 is 9.53 Å². The first kappa shape index (κ1) is 16.1. The molecule has 6 heteroatoms. The molecule has 0 aliphatic rings. The van der Waals surface area contributed by atoms with Crippen molar-refractivity contribution in [2.45, 2.75) is 6.92 Å². The summed E-state index contributed by atoms with van der Waals surface area (Å²) in [5, 5.41) is 5.57. The number of carbonyl (C=O) groups is 1. The molecular weight excluding hydrogens is 326 g/mol. The van der Waals surface area contributed by atoms with E-state index >= 15 is 0 Å². The highest BCUT2D eigenvalue weighted by atomic mass is 35.5. The Morgan fingerprint density at radius 3 is 2.71 bits per heavy atom. The third-order valence-corrected chi connectivity index (χ3v) is 3.98. The normalized spacial score (nSPS) is 11.1. The molecule has 3 rings (SSSR count). The predicted octanol–water partition coefficient (Wildman–Crippen LogP) is 3.90. The molecule has 0 aliphatic heterocycles. The highest BCUT2D eigenvalue weighted by molar-refractivity contribution is 6.31. The highest BCUT2D eigenvalue weighted by Crippen LogP contribution is 2.24. The smallest absolute Gasteiger partial charge is 0.288 e. The summed E-state index contributed by atoms with van der Waals surface area (Å²) in [7, 11) is 1.61. The number of hydrogen-bond donors (Lipinski definition) is 2. The molecule has 2 N–H and O–H groups in total. The zero-order chi connectivity index (χ0) is 17.1. The number of methoxy groups -OCH3 is 1. The molecule has 0 bridgehead atoms. The Morgan fingerprint density at radius 1 is 1.25 bits per heavy atom. The van der Waals surface area contributed by atoms with Gasteiger partial charge in [0.1, 0.15) is 11.4 Å². The number of nitrogens with one attached hydrogen (secondary N) is 2. The molecule has 1 amide bonds. The van der Waals surface area contributed by atoms with Gasteiger partial charge in [-0.15, -0.1) is 0 Å². The number of H-pyrrole nitrogens is 1. The van der Waals surface area contributed by atoms with Gasteiger partial charge < -0.3 is 9.72 Å². The van der Waals surface area contributed by atoms with Crippen LogP contribution in [0.3, 0.4) is 0 Å². The number of amides is 1. The van der Waals surface area contributed by atoms with Crippen LogP contribution in [-0.4, -0.2) is 24.2 Å². The van der Waals surface area contributed by atoms with Crippen LogP contribution < -0.4 is 10.2 Å². The number of hydrazone groups is 1. The molecule has 1 heterocycles. The second-order valence-corrected chi connectivity index (χ2v) is 5.72. The zero-order valence-corrected chi connectivity index (χ0v) is 14.0. The minimum absolute atomic E-state index is 0.301. The molecule has 5 nitrogen and oxygen atoms in total. The molecule has 0 fully saturated rings. The van der Waals surface area contributed by atoms with E-state index in [9.17, 15) is 4.79 Å². The standard InChI is InChI=1S/C18H16ClN3O2/c1-11-15-8-5-13(19)9-16(15)21-17(11)18(23)22-20-10-12-3-6-14(24-2)7-4-12/h3-10,21H,1-2H3,(H,22,23)/b20-10-. The first-order valence-corrected chi connectivity index (χ1v) is 7.71. The van der Waals surface area contributed by atoms with Gasteiger partial charge in [-0.25, -0.2) is 5.43 Å². The number of benzene rings is 2. The number of hydrogen-bond acceptors (Lipinski definition) is 3. The average Bonchev–Trinajstić information content (AvgIpc) is 2.91. The number of fused-ring (bicyclic) bond motifs is 1. The Morgan fingerprint density at radius 2 is 2.00 bits per heavy atom. The van der Waals surface area contributed by atoms with Gasteiger partial charge in [0.2, 0.25) is 0 Å². The van der Waals surface area contributed by atoms with Gasteiger partial charge >= 0.3 is 0 Å². The fourth-order valence-corrected chi connectivity index (χ4v) is 2.62. The summed E-state index contributed by atoms with van der Waals surface area (Å²) in [5.41, 5.74) is 5.54. The molecular formula is C18H16ClN3O2. The molecule has 0 spiro atoms. The van der Waals surface area contributed by atoms with E-state index in [1.165, 1.54) is 0 Å². The molecule has 1 aromatic heterocycles. The van der Waals surface area contributed by atoms with Crippen LogP contribution in [0.5, 0.6) is 5.75 Å². The Kier molecular flexibility index (Phi) is 4.53. The SMILES string of the molecule is COc1ccc(/C=N\NC(=O)c2[nH]c3cc(Cl)ccc3c2C)cc1. The molecule has 0 aliphatic carbocycles. The second-order valence-electron chi connectivity index (χ2n) is 5.29. The van der Waals surface area contributed by atoms with E-state index in [1.807, 2.05) is 37.3 Å². The van der Waals surface area contributed by atoms with Crippen molar-refractivity contribution in [2.75, 3.05) is 7.11 Å². The molecule has 122 valence electrons. The van der Waals surface area contributed by atoms with E-state index in [4.69, 9.17) is 16.3 Å². The molecule has 3 aromatic rings. The lowest BCUT2D eigenvalue weighted by atomic mass is 10.1. The van der Waals surface area contributed by atoms with E-state index in [0.717, 1.165) is 27.8 Å². The number of aryl methyl sites for hydroxylation is 1. The van der Waals surface area contributed by atoms with Crippen molar-refractivity contribution in [3.05, 3.63) is 64.3 Å². The summed E-state index contributed by atoms with van der Waals surface area (Å²) in [4.78, 5) is 15.4. The third kappa shape index (κ3) is 3.26. The highest BCUT2D eigenvalue weighted by Gasteiger charge is 2.14. The number of halogens is 1. The Balaban J connectivity index is 1.74. The quantitative estimate of drug-likeness (QED) is 0.558. The van der Waals surface area contributed by atoms with E-state index in [-0.39, 0.29) is 5.91 Å². The van der Waals surface area contributed by atoms with Crippen LogP contribution in [-0.2, 0) is 0 Å². The summed E-state index contributed by atoms with van der Waals surface area (Å²) in [5.74, 6) is 0.466. The summed E-state index contributed by atoms with van der Waals surface area (Å²) in [6.45, 7) is 1.88. The molecule has 0 unspecified atom stereocenters. The summed E-state index contributed by atoms with van der Waals surface area (Å²) in [6, 6.07) is 12.8. The monoisotopic (exact) mass is 341 g/mol. The van der Waals surface area contributed by atoms with Crippen molar-refractivity contribution in [3.63, 3.8) is 0 Å². The van der Waals surface area contributed by atoms with Crippen LogP contribution in [0.25, 0.3) is 10.9 Å². The van der Waals surface area contributed by atoms with E-state index in [1.54, 1.807) is 25.5 Å². The lowest BCUT2D eigenvalue weighted by molar-refractivity contribution is 0.0950. The number of aromatic nitrogens is 1. The minimum atomic E-state index is -0.301. The first-order valence-electron chi connectivity index (χ1n) is 7.34. The van der Waals surface area contributed by atoms with Gasteiger partial charge in [0.15, 0.2) is 0 Å². The lowest BCUT2D eigenvalue weighted by Crippen LogP contribution is -2.18. The van der Waals surface area contributed by atoms with Crippen LogP contribution in [0.15, 0.2) is 47.6 Å². The van der Waals surface area contributed by atoms with Gasteiger partial charge in [-0.1, -0.05) is 17.7 Å². The molecule has 0 saturated carbocycles. The number of carbonyl (C=O) groups excluding carboxylic acids is 1. The van der Waals surface area contributed by atoms with E-state index in [2.05, 4.69) is 15.5 Å². The van der Waals surface area contributed by atoms with Crippen LogP contribution in [0, 0.1) is 6.92 Å². The summed E-state index contributed by atoms with van der Waals surface area (Å²) >= 11 is 5.98. The number of ether oxygens (including phenoxy) is 1. The van der Waals surface area contributed by atoms with Gasteiger partial charge in [-0.3, -0.25) is 4.79 Å². The Bertz CT molecular complexity index is 914. The van der Waals surface area contributed by atoms with Gasteiger partial charge in [-0.2, -0.15) is 5.10 Å². The molecule has 24 heavy (non-hydrogen) atoms. The van der Waals surface area contributed by atoms with Gasteiger partial charge in [-0.05, 0) is 54.4 Å². The number of aromatic amines is 1. The predicted molar refractivity (Wildman–Crippen MR) is 96.1 cm³/mol. The number of rotatable bonds is 4. The van der Waals surface area contributed by atoms with Gasteiger partial charge in [0.25, 0.3) is 5.91 Å². The van der Waals surface area contributed by atoms with Crippen molar-refractivity contribution in [3.8, 4) is 5.75 Å². The van der Waals surface area contributed by atoms with Gasteiger partial charge in [0, 0.05) is 15.9 Å². The van der Waals surface area contributed by atoms with Crippen LogP contribution in [0.1, 0.15) is 21.6 Å². The first-order chi connectivity index (χ1) is 11.6. The lowest BCUT2D eigenvalue weighted by Gasteiger charge is -2.00. The molecule has 2 aromatic carbocycles. The summed E-state index contributed by atoms with van der Waals surface area (Å²) in [6.07, 6.45) is 1.58. The second kappa shape index (κ2) is 6.76. The topological polar surface area (TPSA) is 66.5 Å². The van der Waals surface area contributed by atoms with Crippen LogP contribution in [0.2, 0.25) is 5.02 Å². The molecule has 0 saturated heterocycles. The third-order valence-electron chi connectivity index (χ3n) is 3.74. The van der Waals surface area contributed by atoms with Crippen molar-refractivity contribution in [1.82, 2.24) is 10.4 Å². The average molecular weight is 342 g/mol. The van der Waals surface area contributed by atoms with Crippen molar-refractivity contribution in [2.24, 2.45) is 5.10 Å². The van der Waals surface area contributed by atoms with Crippen molar-refractivity contribution >= 4 is 34.6 Å². The van der Waals surface area contributed by atoms with Crippen LogP contribution >= 0.6 is 11.6 Å². The van der Waals surface area contributed by atoms with Gasteiger partial charge in [0.05, 0.1) is 13.3 Å². The van der Waals surface area contributed by atoms with Crippen LogP contribution in [0.4, 0.5) is 0 Å². The zero-order valence-electron chi connectivity index (χ0n) is 13.3. The van der Waals surface area contributed by atoms with E-state index < -0.39 is 0 Å². The number of nitrogens with zero attached hydrogens (tertiary/aromatic N) is 1. The fourth-order valence-electron chi connectivity index (χ4n) is 2.45. The van der Waals surface area contributed by atoms with E-state index in [0.29, 0.717) is 10.7 Å². The molecule has 0 radical (unpaired) electrons. The summed E-state index contributed by atoms with van der Waals surface area (Å²) < 4.78 is 5.09. The Labute approximate surface area is 144 Å². The maximum absolute atomic E-state index is 12.3. The largest absolute Gasteiger partial charge is 0.497 e. The van der Waals surface area contributed by atoms with Crippen molar-refractivity contribution in [1.29, 1.82) is 0 Å².